The molecule has 0 heterocycles. The second kappa shape index (κ2) is 9.18. The summed E-state index contributed by atoms with van der Waals surface area (Å²) < 4.78 is 5.24. The minimum Gasteiger partial charge on any atom is -0.380 e. The molecular weight excluding hydrogens is 270 g/mol. The van der Waals surface area contributed by atoms with Crippen LogP contribution in [0.2, 0.25) is 0 Å². The van der Waals surface area contributed by atoms with Crippen molar-refractivity contribution in [1.29, 1.82) is 0 Å². The summed E-state index contributed by atoms with van der Waals surface area (Å²) >= 11 is 0. The smallest absolute Gasteiger partial charge is 0.248 e. The Balaban J connectivity index is 0.00000324. The van der Waals surface area contributed by atoms with Crippen molar-refractivity contribution in [2.24, 2.45) is 16.6 Å². The zero-order chi connectivity index (χ0) is 13.4. The second-order valence-corrected chi connectivity index (χ2v) is 3.55. The number of rotatable bonds is 7. The number of benzene rings is 1. The fraction of sp³-hybridized carbons (Fsp3) is 0.364. The highest BCUT2D eigenvalue weighted by Gasteiger charge is 2.08. The average Bonchev–Trinajstić information content (AvgIpc) is 2.35. The van der Waals surface area contributed by atoms with Crippen LogP contribution in [0.5, 0.6) is 0 Å². The summed E-state index contributed by atoms with van der Waals surface area (Å²) in [6.07, 6.45) is 0.507. The molecule has 19 heavy (non-hydrogen) atoms. The van der Waals surface area contributed by atoms with Crippen molar-refractivity contribution in [3.05, 3.63) is 39.8 Å². The lowest BCUT2D eigenvalue weighted by molar-refractivity contribution is 0.0998. The molecule has 1 amide bonds. The highest BCUT2D eigenvalue weighted by molar-refractivity contribution is 5.94. The maximum absolute atomic E-state index is 11.2. The van der Waals surface area contributed by atoms with E-state index in [0.717, 1.165) is 0 Å². The number of azide groups is 1. The van der Waals surface area contributed by atoms with Crippen LogP contribution in [0.4, 0.5) is 5.69 Å². The van der Waals surface area contributed by atoms with Crippen molar-refractivity contribution < 1.29 is 9.53 Å². The van der Waals surface area contributed by atoms with Gasteiger partial charge in [0.2, 0.25) is 5.91 Å². The molecule has 0 unspecified atom stereocenters. The van der Waals surface area contributed by atoms with E-state index in [2.05, 4.69) is 10.0 Å². The summed E-state index contributed by atoms with van der Waals surface area (Å²) in [5.41, 5.74) is 20.5. The third-order valence-corrected chi connectivity index (χ3v) is 2.29. The molecule has 8 heteroatoms. The molecular formula is C11H16ClN5O2. The Hall–Kier alpha value is -1.79. The molecule has 0 saturated heterocycles. The molecule has 0 aliphatic rings. The Kier molecular flexibility index (Phi) is 8.32. The van der Waals surface area contributed by atoms with Crippen molar-refractivity contribution in [3.63, 3.8) is 0 Å². The van der Waals surface area contributed by atoms with Gasteiger partial charge in [0, 0.05) is 22.7 Å². The van der Waals surface area contributed by atoms with Crippen molar-refractivity contribution in [3.8, 4) is 0 Å². The van der Waals surface area contributed by atoms with Gasteiger partial charge in [-0.05, 0) is 29.6 Å². The predicted octanol–water partition coefficient (Wildman–Crippen LogP) is 1.67. The molecule has 0 spiro atoms. The van der Waals surface area contributed by atoms with Crippen molar-refractivity contribution >= 4 is 24.0 Å². The molecule has 0 fully saturated rings. The Morgan fingerprint density at radius 3 is 2.74 bits per heavy atom. The molecule has 0 radical (unpaired) electrons. The molecule has 104 valence electrons. The van der Waals surface area contributed by atoms with E-state index in [0.29, 0.717) is 43.0 Å². The fourth-order valence-electron chi connectivity index (χ4n) is 1.51. The highest BCUT2D eigenvalue weighted by atomic mass is 35.5. The molecule has 1 rings (SSSR count). The molecule has 4 N–H and O–H groups in total. The van der Waals surface area contributed by atoms with E-state index in [1.54, 1.807) is 18.2 Å². The van der Waals surface area contributed by atoms with Crippen LogP contribution < -0.4 is 11.5 Å². The summed E-state index contributed by atoms with van der Waals surface area (Å²) in [5.74, 6) is -0.517. The molecule has 0 atom stereocenters. The maximum atomic E-state index is 11.2. The first kappa shape index (κ1) is 17.2. The third kappa shape index (κ3) is 5.58. The van der Waals surface area contributed by atoms with Gasteiger partial charge in [0.05, 0.1) is 13.2 Å². The number of nitrogens with two attached hydrogens (primary N) is 2. The van der Waals surface area contributed by atoms with E-state index < -0.39 is 5.91 Å². The zero-order valence-corrected chi connectivity index (χ0v) is 11.1. The van der Waals surface area contributed by atoms with Crippen LogP contribution in [-0.2, 0) is 11.2 Å². The first-order chi connectivity index (χ1) is 8.69. The third-order valence-electron chi connectivity index (χ3n) is 2.29. The fourth-order valence-corrected chi connectivity index (χ4v) is 1.51. The van der Waals surface area contributed by atoms with Crippen LogP contribution in [0.3, 0.4) is 0 Å². The summed E-state index contributed by atoms with van der Waals surface area (Å²) in [5, 5.41) is 3.48. The Labute approximate surface area is 116 Å². The van der Waals surface area contributed by atoms with E-state index in [1.165, 1.54) is 0 Å². The van der Waals surface area contributed by atoms with Crippen molar-refractivity contribution in [2.75, 3.05) is 19.8 Å². The van der Waals surface area contributed by atoms with Crippen molar-refractivity contribution in [2.45, 2.75) is 6.42 Å². The summed E-state index contributed by atoms with van der Waals surface area (Å²) in [4.78, 5) is 13.9. The van der Waals surface area contributed by atoms with Gasteiger partial charge in [0.25, 0.3) is 0 Å². The molecule has 0 bridgehead atoms. The lowest BCUT2D eigenvalue weighted by Crippen LogP contribution is -2.15. The van der Waals surface area contributed by atoms with Gasteiger partial charge in [0.1, 0.15) is 0 Å². The normalized spacial score (nSPS) is 9.32. The first-order valence-corrected chi connectivity index (χ1v) is 5.44. The molecule has 0 aliphatic heterocycles. The number of primary amides is 1. The van der Waals surface area contributed by atoms with Gasteiger partial charge < -0.3 is 16.2 Å². The molecule has 0 saturated carbocycles. The zero-order valence-electron chi connectivity index (χ0n) is 10.3. The SMILES string of the molecule is Cl.[N-]=[N+]=Nc1ccc(C(N)=O)c(CCOCCN)c1. The quantitative estimate of drug-likeness (QED) is 0.342. The Morgan fingerprint density at radius 2 is 2.16 bits per heavy atom. The Morgan fingerprint density at radius 1 is 1.42 bits per heavy atom. The van der Waals surface area contributed by atoms with Gasteiger partial charge in [-0.3, -0.25) is 4.79 Å². The van der Waals surface area contributed by atoms with Crippen LogP contribution in [0, 0.1) is 0 Å². The monoisotopic (exact) mass is 285 g/mol. The maximum Gasteiger partial charge on any atom is 0.248 e. The standard InChI is InChI=1S/C11H15N5O2.ClH/c12-4-6-18-5-3-8-7-9(15-16-14)1-2-10(8)11(13)17;/h1-2,7H,3-6,12H2,(H2,13,17);1H. The van der Waals surface area contributed by atoms with E-state index in [9.17, 15) is 4.79 Å². The van der Waals surface area contributed by atoms with Gasteiger partial charge in [-0.25, -0.2) is 0 Å². The van der Waals surface area contributed by atoms with Gasteiger partial charge in [-0.15, -0.1) is 12.4 Å². The number of hydrogen-bond acceptors (Lipinski definition) is 4. The summed E-state index contributed by atoms with van der Waals surface area (Å²) in [6, 6.07) is 4.72. The van der Waals surface area contributed by atoms with E-state index in [4.69, 9.17) is 21.7 Å². The number of ether oxygens (including phenoxy) is 1. The molecule has 0 aromatic heterocycles. The van der Waals surface area contributed by atoms with E-state index >= 15 is 0 Å². The number of carbonyl (C=O) groups excluding carboxylic acids is 1. The number of carbonyl (C=O) groups is 1. The molecule has 1 aromatic carbocycles. The van der Waals surface area contributed by atoms with Crippen LogP contribution in [0.15, 0.2) is 23.3 Å². The molecule has 7 nitrogen and oxygen atoms in total. The largest absolute Gasteiger partial charge is 0.380 e. The number of nitrogens with zero attached hydrogens (tertiary/aromatic N) is 3. The van der Waals surface area contributed by atoms with Crippen LogP contribution in [-0.4, -0.2) is 25.7 Å². The van der Waals surface area contributed by atoms with Gasteiger partial charge in [0.15, 0.2) is 0 Å². The highest BCUT2D eigenvalue weighted by Crippen LogP contribution is 2.19. The number of hydrogen-bond donors (Lipinski definition) is 2. The first-order valence-electron chi connectivity index (χ1n) is 5.44. The lowest BCUT2D eigenvalue weighted by Gasteiger charge is -2.08. The van der Waals surface area contributed by atoms with Gasteiger partial charge in [-0.1, -0.05) is 11.2 Å². The average molecular weight is 286 g/mol. The lowest BCUT2D eigenvalue weighted by atomic mass is 10.0. The van der Waals surface area contributed by atoms with Crippen LogP contribution in [0.1, 0.15) is 15.9 Å². The van der Waals surface area contributed by atoms with Gasteiger partial charge >= 0.3 is 0 Å². The van der Waals surface area contributed by atoms with Crippen LogP contribution >= 0.6 is 12.4 Å². The molecule has 0 aliphatic carbocycles. The minimum atomic E-state index is -0.517. The summed E-state index contributed by atoms with van der Waals surface area (Å²) in [6.45, 7) is 1.33. The summed E-state index contributed by atoms with van der Waals surface area (Å²) in [7, 11) is 0. The second-order valence-electron chi connectivity index (χ2n) is 3.55. The predicted molar refractivity (Wildman–Crippen MR) is 74.6 cm³/mol. The number of amides is 1. The van der Waals surface area contributed by atoms with Crippen LogP contribution in [0.25, 0.3) is 10.4 Å². The van der Waals surface area contributed by atoms with Crippen molar-refractivity contribution in [1.82, 2.24) is 0 Å². The Bertz CT molecular complexity index is 474. The minimum absolute atomic E-state index is 0. The van der Waals surface area contributed by atoms with E-state index in [1.807, 2.05) is 0 Å². The van der Waals surface area contributed by atoms with Gasteiger partial charge in [-0.2, -0.15) is 0 Å². The topological polar surface area (TPSA) is 127 Å². The molecule has 1 aromatic rings. The van der Waals surface area contributed by atoms with E-state index in [-0.39, 0.29) is 12.4 Å². The number of halogens is 1.